The molecule has 0 fully saturated rings. The van der Waals surface area contributed by atoms with Crippen molar-refractivity contribution in [3.8, 4) is 21.6 Å². The van der Waals surface area contributed by atoms with Gasteiger partial charge in [0.2, 0.25) is 0 Å². The number of thiophene rings is 1. The number of aromatic nitrogens is 3. The first-order chi connectivity index (χ1) is 12.8. The zero-order chi connectivity index (χ0) is 17.9. The van der Waals surface area contributed by atoms with E-state index in [9.17, 15) is 4.79 Å². The van der Waals surface area contributed by atoms with E-state index in [1.165, 1.54) is 10.6 Å². The topological polar surface area (TPSA) is 79.6 Å². The number of ether oxygens (including phenoxy) is 1. The first kappa shape index (κ1) is 16.7. The number of benzene rings is 1. The number of H-pyrrole nitrogens is 1. The fourth-order valence-electron chi connectivity index (χ4n) is 2.78. The number of hydrogen-bond acceptors (Lipinski definition) is 5. The minimum Gasteiger partial charge on any atom is -0.394 e. The molecule has 4 aromatic rings. The molecule has 0 aliphatic carbocycles. The smallest absolute Gasteiger partial charge is 0.272 e. The molecule has 3 aromatic heterocycles. The molecule has 2 N–H and O–H groups in total. The molecule has 4 rings (SSSR count). The van der Waals surface area contributed by atoms with Crippen molar-refractivity contribution in [2.45, 2.75) is 6.61 Å². The normalized spacial score (nSPS) is 11.3. The van der Waals surface area contributed by atoms with Crippen LogP contribution >= 0.6 is 11.3 Å². The van der Waals surface area contributed by atoms with Crippen LogP contribution in [0.1, 0.15) is 5.69 Å². The molecule has 3 heterocycles. The first-order valence-electron chi connectivity index (χ1n) is 8.19. The number of nitrogens with one attached hydrogen (secondary N) is 1. The number of nitrogens with zero attached hydrogens (tertiary/aromatic N) is 2. The maximum absolute atomic E-state index is 12.3. The third-order valence-electron chi connectivity index (χ3n) is 4.01. The van der Waals surface area contributed by atoms with Gasteiger partial charge in [-0.1, -0.05) is 30.3 Å². The van der Waals surface area contributed by atoms with Gasteiger partial charge in [-0.3, -0.25) is 9.89 Å². The molecule has 0 aliphatic heterocycles. The second-order valence-corrected chi connectivity index (χ2v) is 6.68. The standard InChI is InChI=1S/C19H17N3O3S/c23-6-7-25-11-15-9-18(24)22-19(21-15)16(10-20-22)17-8-14(12-26-17)13-4-2-1-3-5-13/h1-5,8-10,12,20,23H,6-7,11H2. The largest absolute Gasteiger partial charge is 0.394 e. The summed E-state index contributed by atoms with van der Waals surface area (Å²) < 4.78 is 6.71. The maximum Gasteiger partial charge on any atom is 0.272 e. The Kier molecular flexibility index (Phi) is 4.66. The van der Waals surface area contributed by atoms with Gasteiger partial charge in [-0.2, -0.15) is 0 Å². The number of aromatic amines is 1. The SMILES string of the molecule is O=c1cc(COCCO)nc2c(-c3cc(-c4ccccc4)cs3)c[nH]n12. The molecule has 0 atom stereocenters. The van der Waals surface area contributed by atoms with Crippen LogP contribution in [-0.2, 0) is 11.3 Å². The van der Waals surface area contributed by atoms with Gasteiger partial charge in [0.05, 0.1) is 31.1 Å². The first-order valence-corrected chi connectivity index (χ1v) is 9.07. The van der Waals surface area contributed by atoms with Crippen LogP contribution < -0.4 is 5.56 Å². The summed E-state index contributed by atoms with van der Waals surface area (Å²) >= 11 is 1.61. The van der Waals surface area contributed by atoms with Crippen LogP contribution in [0.5, 0.6) is 0 Å². The van der Waals surface area contributed by atoms with E-state index in [2.05, 4.69) is 33.7 Å². The van der Waals surface area contributed by atoms with Crippen molar-refractivity contribution in [3.63, 3.8) is 0 Å². The van der Waals surface area contributed by atoms with Crippen molar-refractivity contribution in [2.24, 2.45) is 0 Å². The van der Waals surface area contributed by atoms with Crippen molar-refractivity contribution < 1.29 is 9.84 Å². The van der Waals surface area contributed by atoms with Crippen molar-refractivity contribution in [1.29, 1.82) is 0 Å². The summed E-state index contributed by atoms with van der Waals surface area (Å²) in [6.45, 7) is 0.344. The molecule has 0 bridgehead atoms. The van der Waals surface area contributed by atoms with Crippen molar-refractivity contribution >= 4 is 17.0 Å². The van der Waals surface area contributed by atoms with Crippen LogP contribution in [0.15, 0.2) is 58.8 Å². The lowest BCUT2D eigenvalue weighted by molar-refractivity contribution is 0.0797. The average Bonchev–Trinajstić information content (AvgIpc) is 3.30. The lowest BCUT2D eigenvalue weighted by atomic mass is 10.1. The highest BCUT2D eigenvalue weighted by molar-refractivity contribution is 7.14. The predicted molar refractivity (Wildman–Crippen MR) is 101 cm³/mol. The van der Waals surface area contributed by atoms with E-state index >= 15 is 0 Å². The Labute approximate surface area is 153 Å². The zero-order valence-corrected chi connectivity index (χ0v) is 14.7. The van der Waals surface area contributed by atoms with Gasteiger partial charge in [0.1, 0.15) is 0 Å². The van der Waals surface area contributed by atoms with Gasteiger partial charge >= 0.3 is 0 Å². The van der Waals surface area contributed by atoms with E-state index in [0.29, 0.717) is 11.3 Å². The van der Waals surface area contributed by atoms with Crippen LogP contribution in [0.3, 0.4) is 0 Å². The van der Waals surface area contributed by atoms with Crippen molar-refractivity contribution in [1.82, 2.24) is 14.6 Å². The van der Waals surface area contributed by atoms with E-state index in [0.717, 1.165) is 21.6 Å². The molecule has 1 aromatic carbocycles. The van der Waals surface area contributed by atoms with Crippen LogP contribution in [0, 0.1) is 0 Å². The molecule has 132 valence electrons. The van der Waals surface area contributed by atoms with Crippen LogP contribution in [0.25, 0.3) is 27.2 Å². The molecule has 0 spiro atoms. The predicted octanol–water partition coefficient (Wildman–Crippen LogP) is 2.93. The van der Waals surface area contributed by atoms with Gasteiger partial charge in [0.15, 0.2) is 5.65 Å². The van der Waals surface area contributed by atoms with E-state index in [1.54, 1.807) is 17.5 Å². The lowest BCUT2D eigenvalue weighted by Crippen LogP contribution is -2.16. The van der Waals surface area contributed by atoms with E-state index in [4.69, 9.17) is 9.84 Å². The molecule has 0 aliphatic rings. The highest BCUT2D eigenvalue weighted by Gasteiger charge is 2.13. The second-order valence-electron chi connectivity index (χ2n) is 5.77. The minimum absolute atomic E-state index is 0.0614. The lowest BCUT2D eigenvalue weighted by Gasteiger charge is -2.03. The van der Waals surface area contributed by atoms with Crippen LogP contribution in [-0.4, -0.2) is 32.9 Å². The van der Waals surface area contributed by atoms with E-state index in [1.807, 2.05) is 18.2 Å². The highest BCUT2D eigenvalue weighted by atomic mass is 32.1. The molecule has 0 amide bonds. The summed E-state index contributed by atoms with van der Waals surface area (Å²) in [7, 11) is 0. The van der Waals surface area contributed by atoms with Crippen LogP contribution in [0.4, 0.5) is 0 Å². The molecular formula is C19H17N3O3S. The molecule has 0 unspecified atom stereocenters. The summed E-state index contributed by atoms with van der Waals surface area (Å²) in [6, 6.07) is 13.7. The van der Waals surface area contributed by atoms with Crippen molar-refractivity contribution in [2.75, 3.05) is 13.2 Å². The Morgan fingerprint density at radius 2 is 2.04 bits per heavy atom. The fraction of sp³-hybridized carbons (Fsp3) is 0.158. The number of aliphatic hydroxyl groups excluding tert-OH is 1. The van der Waals surface area contributed by atoms with Gasteiger partial charge in [0.25, 0.3) is 5.56 Å². The monoisotopic (exact) mass is 367 g/mol. The second kappa shape index (κ2) is 7.25. The van der Waals surface area contributed by atoms with Crippen molar-refractivity contribution in [3.05, 3.63) is 70.1 Å². The summed E-state index contributed by atoms with van der Waals surface area (Å²) in [5, 5.41) is 13.9. The Morgan fingerprint density at radius 3 is 2.85 bits per heavy atom. The number of rotatable bonds is 6. The summed E-state index contributed by atoms with van der Waals surface area (Å²) in [5.41, 5.74) is 4.08. The Hall–Kier alpha value is -2.74. The number of aliphatic hydroxyl groups is 1. The average molecular weight is 367 g/mol. The maximum atomic E-state index is 12.3. The Bertz CT molecular complexity index is 1080. The van der Waals surface area contributed by atoms with E-state index in [-0.39, 0.29) is 25.4 Å². The van der Waals surface area contributed by atoms with Gasteiger partial charge in [-0.25, -0.2) is 9.50 Å². The zero-order valence-electron chi connectivity index (χ0n) is 13.9. The fourth-order valence-corrected chi connectivity index (χ4v) is 3.72. The van der Waals surface area contributed by atoms with Gasteiger partial charge < -0.3 is 9.84 Å². The molecule has 0 saturated carbocycles. The molecule has 0 radical (unpaired) electrons. The molecule has 0 saturated heterocycles. The minimum atomic E-state index is -0.191. The van der Waals surface area contributed by atoms with Gasteiger partial charge in [-0.15, -0.1) is 11.3 Å². The third-order valence-corrected chi connectivity index (χ3v) is 4.97. The molecular weight excluding hydrogens is 350 g/mol. The highest BCUT2D eigenvalue weighted by Crippen LogP contribution is 2.33. The summed E-state index contributed by atoms with van der Waals surface area (Å²) in [4.78, 5) is 17.9. The molecule has 7 heteroatoms. The summed E-state index contributed by atoms with van der Waals surface area (Å²) in [5.74, 6) is 0. The third kappa shape index (κ3) is 3.20. The Balaban J connectivity index is 1.73. The molecule has 6 nitrogen and oxygen atoms in total. The molecule has 26 heavy (non-hydrogen) atoms. The van der Waals surface area contributed by atoms with Gasteiger partial charge in [0, 0.05) is 17.1 Å². The van der Waals surface area contributed by atoms with E-state index < -0.39 is 0 Å². The summed E-state index contributed by atoms with van der Waals surface area (Å²) in [6.07, 6.45) is 1.79. The number of fused-ring (bicyclic) bond motifs is 1. The van der Waals surface area contributed by atoms with Crippen LogP contribution in [0.2, 0.25) is 0 Å². The number of hydrogen-bond donors (Lipinski definition) is 2. The quantitative estimate of drug-likeness (QED) is 0.514. The van der Waals surface area contributed by atoms with Gasteiger partial charge in [-0.05, 0) is 22.6 Å². The Morgan fingerprint density at radius 1 is 1.19 bits per heavy atom.